The van der Waals surface area contributed by atoms with Crippen molar-refractivity contribution < 1.29 is 12.6 Å². The summed E-state index contributed by atoms with van der Waals surface area (Å²) in [6.07, 6.45) is 2.15. The van der Waals surface area contributed by atoms with Gasteiger partial charge in [0.2, 0.25) is 10.0 Å². The molecule has 0 bridgehead atoms. The fourth-order valence-corrected chi connectivity index (χ4v) is 3.32. The van der Waals surface area contributed by atoms with Gasteiger partial charge in [-0.25, -0.2) is 13.1 Å². The quantitative estimate of drug-likeness (QED) is 0.771. The Hall–Kier alpha value is -0.760. The lowest BCUT2D eigenvalue weighted by Gasteiger charge is -2.12. The van der Waals surface area contributed by atoms with Gasteiger partial charge in [0, 0.05) is 35.4 Å². The number of nitrogens with one attached hydrogen (secondary N) is 1. The van der Waals surface area contributed by atoms with E-state index in [4.69, 9.17) is 5.73 Å². The van der Waals surface area contributed by atoms with Gasteiger partial charge in [0.25, 0.3) is 0 Å². The average Bonchev–Trinajstić information content (AvgIpc) is 2.38. The summed E-state index contributed by atoms with van der Waals surface area (Å²) in [5, 5.41) is -0.0348. The number of rotatable bonds is 7. The predicted octanol–water partition coefficient (Wildman–Crippen LogP) is 0.581. The van der Waals surface area contributed by atoms with E-state index in [0.29, 0.717) is 12.0 Å². The standard InChI is InChI=1S/C12H20N2O3S2/c1-10(18(2)15)7-8-14-19(16,17)12-6-4-3-5-11(12)9-13/h3-6,10,14H,7-9,13H2,1-2H3. The van der Waals surface area contributed by atoms with E-state index in [1.54, 1.807) is 24.5 Å². The lowest BCUT2D eigenvalue weighted by atomic mass is 10.2. The maximum Gasteiger partial charge on any atom is 0.240 e. The van der Waals surface area contributed by atoms with Crippen molar-refractivity contribution in [3.63, 3.8) is 0 Å². The Morgan fingerprint density at radius 2 is 2.00 bits per heavy atom. The Bertz CT molecular complexity index is 544. The third-order valence-corrected chi connectivity index (χ3v) is 5.82. The molecule has 0 aliphatic rings. The highest BCUT2D eigenvalue weighted by molar-refractivity contribution is 7.89. The van der Waals surface area contributed by atoms with Gasteiger partial charge in [-0.1, -0.05) is 25.1 Å². The van der Waals surface area contributed by atoms with Crippen LogP contribution in [0.3, 0.4) is 0 Å². The molecule has 0 saturated heterocycles. The largest absolute Gasteiger partial charge is 0.326 e. The molecular weight excluding hydrogens is 284 g/mol. The first kappa shape index (κ1) is 16.3. The van der Waals surface area contributed by atoms with E-state index in [2.05, 4.69) is 4.72 Å². The maximum atomic E-state index is 12.1. The Morgan fingerprint density at radius 1 is 1.37 bits per heavy atom. The van der Waals surface area contributed by atoms with Crippen molar-refractivity contribution in [3.05, 3.63) is 29.8 Å². The lowest BCUT2D eigenvalue weighted by molar-refractivity contribution is 0.576. The average molecular weight is 304 g/mol. The van der Waals surface area contributed by atoms with Crippen LogP contribution in [0.5, 0.6) is 0 Å². The van der Waals surface area contributed by atoms with E-state index in [1.807, 2.05) is 6.92 Å². The Balaban J connectivity index is 2.74. The second kappa shape index (κ2) is 7.14. The molecular formula is C12H20N2O3S2. The SMILES string of the molecule is CC(CCNS(=O)(=O)c1ccccc1CN)S(C)=O. The van der Waals surface area contributed by atoms with E-state index in [1.165, 1.54) is 6.07 Å². The normalized spacial score (nSPS) is 15.1. The molecule has 0 aromatic heterocycles. The third-order valence-electron chi connectivity index (χ3n) is 2.89. The minimum Gasteiger partial charge on any atom is -0.326 e. The van der Waals surface area contributed by atoms with Crippen LogP contribution in [-0.4, -0.2) is 30.7 Å². The molecule has 0 aliphatic carbocycles. The minimum atomic E-state index is -3.55. The first-order valence-electron chi connectivity index (χ1n) is 5.98. The van der Waals surface area contributed by atoms with Gasteiger partial charge in [0.1, 0.15) is 0 Å². The monoisotopic (exact) mass is 304 g/mol. The summed E-state index contributed by atoms with van der Waals surface area (Å²) < 4.78 is 37.9. The van der Waals surface area contributed by atoms with Gasteiger partial charge in [-0.05, 0) is 18.1 Å². The molecule has 2 unspecified atom stereocenters. The van der Waals surface area contributed by atoms with Gasteiger partial charge in [-0.15, -0.1) is 0 Å². The molecule has 3 N–H and O–H groups in total. The minimum absolute atomic E-state index is 0.0348. The number of sulfonamides is 1. The van der Waals surface area contributed by atoms with Crippen molar-refractivity contribution in [1.82, 2.24) is 4.72 Å². The van der Waals surface area contributed by atoms with E-state index < -0.39 is 20.8 Å². The zero-order valence-corrected chi connectivity index (χ0v) is 12.8. The van der Waals surface area contributed by atoms with E-state index in [0.717, 1.165) is 0 Å². The van der Waals surface area contributed by atoms with Gasteiger partial charge in [-0.3, -0.25) is 4.21 Å². The molecule has 108 valence electrons. The molecule has 0 spiro atoms. The van der Waals surface area contributed by atoms with Crippen molar-refractivity contribution in [2.24, 2.45) is 5.73 Å². The van der Waals surface area contributed by atoms with Gasteiger partial charge >= 0.3 is 0 Å². The summed E-state index contributed by atoms with van der Waals surface area (Å²) >= 11 is 0. The number of hydrogen-bond acceptors (Lipinski definition) is 4. The van der Waals surface area contributed by atoms with Gasteiger partial charge in [0.05, 0.1) is 4.90 Å². The Kier molecular flexibility index (Phi) is 6.12. The summed E-state index contributed by atoms with van der Waals surface area (Å²) in [7, 11) is -4.50. The molecule has 0 heterocycles. The summed E-state index contributed by atoms with van der Waals surface area (Å²) in [6, 6.07) is 6.64. The molecule has 1 aromatic carbocycles. The molecule has 1 aromatic rings. The van der Waals surface area contributed by atoms with Gasteiger partial charge < -0.3 is 5.73 Å². The Morgan fingerprint density at radius 3 is 2.58 bits per heavy atom. The fourth-order valence-electron chi connectivity index (χ4n) is 1.57. The molecule has 0 amide bonds. The molecule has 0 aliphatic heterocycles. The van der Waals surface area contributed by atoms with Crippen molar-refractivity contribution in [1.29, 1.82) is 0 Å². The highest BCUT2D eigenvalue weighted by Gasteiger charge is 2.17. The highest BCUT2D eigenvalue weighted by Crippen LogP contribution is 2.14. The lowest BCUT2D eigenvalue weighted by Crippen LogP contribution is -2.28. The predicted molar refractivity (Wildman–Crippen MR) is 77.7 cm³/mol. The van der Waals surface area contributed by atoms with Crippen LogP contribution in [0.15, 0.2) is 29.2 Å². The van der Waals surface area contributed by atoms with Crippen LogP contribution in [0.2, 0.25) is 0 Å². The van der Waals surface area contributed by atoms with Crippen LogP contribution in [0, 0.1) is 0 Å². The van der Waals surface area contributed by atoms with Crippen molar-refractivity contribution in [2.45, 2.75) is 30.0 Å². The van der Waals surface area contributed by atoms with E-state index in [9.17, 15) is 12.6 Å². The van der Waals surface area contributed by atoms with Crippen molar-refractivity contribution in [3.8, 4) is 0 Å². The summed E-state index contributed by atoms with van der Waals surface area (Å²) in [5.41, 5.74) is 6.12. The first-order chi connectivity index (χ1) is 8.88. The molecule has 19 heavy (non-hydrogen) atoms. The van der Waals surface area contributed by atoms with E-state index >= 15 is 0 Å². The Labute approximate surface area is 117 Å². The summed E-state index contributed by atoms with van der Waals surface area (Å²) in [6.45, 7) is 2.27. The second-order valence-corrected chi connectivity index (χ2v) is 7.84. The highest BCUT2D eigenvalue weighted by atomic mass is 32.2. The van der Waals surface area contributed by atoms with Crippen LogP contribution in [0.1, 0.15) is 18.9 Å². The third kappa shape index (κ3) is 4.68. The molecule has 0 fully saturated rings. The smallest absolute Gasteiger partial charge is 0.240 e. The number of benzene rings is 1. The maximum absolute atomic E-state index is 12.1. The number of nitrogens with two attached hydrogens (primary N) is 1. The van der Waals surface area contributed by atoms with Gasteiger partial charge in [0.15, 0.2) is 0 Å². The molecule has 7 heteroatoms. The summed E-state index contributed by atoms with van der Waals surface area (Å²) in [5.74, 6) is 0. The number of hydrogen-bond donors (Lipinski definition) is 2. The van der Waals surface area contributed by atoms with E-state index in [-0.39, 0.29) is 23.2 Å². The van der Waals surface area contributed by atoms with Crippen molar-refractivity contribution >= 4 is 20.8 Å². The van der Waals surface area contributed by atoms with Crippen LogP contribution < -0.4 is 10.5 Å². The topological polar surface area (TPSA) is 89.3 Å². The second-order valence-electron chi connectivity index (χ2n) is 4.31. The molecule has 2 atom stereocenters. The van der Waals surface area contributed by atoms with Crippen molar-refractivity contribution in [2.75, 3.05) is 12.8 Å². The fraction of sp³-hybridized carbons (Fsp3) is 0.500. The zero-order valence-electron chi connectivity index (χ0n) is 11.1. The van der Waals surface area contributed by atoms with Crippen LogP contribution in [0.25, 0.3) is 0 Å². The first-order valence-corrected chi connectivity index (χ1v) is 9.08. The van der Waals surface area contributed by atoms with Gasteiger partial charge in [-0.2, -0.15) is 0 Å². The molecule has 5 nitrogen and oxygen atoms in total. The molecule has 1 rings (SSSR count). The molecule has 0 radical (unpaired) electrons. The zero-order chi connectivity index (χ0) is 14.5. The summed E-state index contributed by atoms with van der Waals surface area (Å²) in [4.78, 5) is 0.211. The molecule has 0 saturated carbocycles. The van der Waals surface area contributed by atoms with Crippen LogP contribution >= 0.6 is 0 Å². The van der Waals surface area contributed by atoms with Crippen LogP contribution in [-0.2, 0) is 27.4 Å². The van der Waals surface area contributed by atoms with Crippen LogP contribution in [0.4, 0.5) is 0 Å².